The minimum atomic E-state index is -0.567. The highest BCUT2D eigenvalue weighted by molar-refractivity contribution is 6.31. The molecule has 0 heterocycles. The Bertz CT molecular complexity index is 431. The van der Waals surface area contributed by atoms with Crippen LogP contribution >= 0.6 is 11.6 Å². The maximum atomic E-state index is 11.3. The Balaban J connectivity index is 2.88. The van der Waals surface area contributed by atoms with E-state index in [1.54, 1.807) is 12.1 Å². The molecule has 18 heavy (non-hydrogen) atoms. The molecule has 1 amide bonds. The Hall–Kier alpha value is -1.26. The van der Waals surface area contributed by atoms with Gasteiger partial charge in [-0.1, -0.05) is 25.4 Å². The fourth-order valence-corrected chi connectivity index (χ4v) is 1.67. The first-order valence-electron chi connectivity index (χ1n) is 5.93. The second-order valence-corrected chi connectivity index (χ2v) is 4.80. The lowest BCUT2D eigenvalue weighted by Gasteiger charge is -2.26. The molecule has 0 spiro atoms. The normalized spacial score (nSPS) is 11.3. The van der Waals surface area contributed by atoms with Crippen LogP contribution in [0.4, 0.5) is 0 Å². The summed E-state index contributed by atoms with van der Waals surface area (Å²) >= 11 is 5.82. The molecule has 0 unspecified atom stereocenters. The molecule has 1 rings (SSSR count). The van der Waals surface area contributed by atoms with Crippen molar-refractivity contribution >= 4 is 17.5 Å². The predicted octanol–water partition coefficient (Wildman–Crippen LogP) is 2.34. The Morgan fingerprint density at radius 3 is 2.50 bits per heavy atom. The molecule has 0 saturated carbocycles. The van der Waals surface area contributed by atoms with Crippen molar-refractivity contribution in [3.05, 3.63) is 28.8 Å². The average molecular weight is 271 g/mol. The fourth-order valence-electron chi connectivity index (χ4n) is 1.50. The molecule has 4 nitrogen and oxygen atoms in total. The molecule has 100 valence electrons. The summed E-state index contributed by atoms with van der Waals surface area (Å²) in [7, 11) is 0. The van der Waals surface area contributed by atoms with Gasteiger partial charge in [0.1, 0.15) is 12.4 Å². The van der Waals surface area contributed by atoms with E-state index >= 15 is 0 Å². The summed E-state index contributed by atoms with van der Waals surface area (Å²) in [5.74, 6) is -0.147. The molecule has 4 N–H and O–H groups in total. The van der Waals surface area contributed by atoms with Gasteiger partial charge < -0.3 is 16.2 Å². The molecule has 0 aliphatic heterocycles. The smallest absolute Gasteiger partial charge is 0.252 e. The Morgan fingerprint density at radius 1 is 1.39 bits per heavy atom. The summed E-state index contributed by atoms with van der Waals surface area (Å²) in [6, 6.07) is 4.78. The van der Waals surface area contributed by atoms with Crippen LogP contribution in [0.3, 0.4) is 0 Å². The van der Waals surface area contributed by atoms with Crippen molar-refractivity contribution in [2.45, 2.75) is 32.2 Å². The number of primary amides is 1. The molecule has 0 bridgehead atoms. The number of rotatable bonds is 6. The van der Waals surface area contributed by atoms with E-state index in [1.807, 2.05) is 13.8 Å². The van der Waals surface area contributed by atoms with Gasteiger partial charge >= 0.3 is 0 Å². The van der Waals surface area contributed by atoms with E-state index in [2.05, 4.69) is 0 Å². The van der Waals surface area contributed by atoms with Gasteiger partial charge in [-0.25, -0.2) is 0 Å². The zero-order valence-corrected chi connectivity index (χ0v) is 11.5. The van der Waals surface area contributed by atoms with Crippen LogP contribution in [0.5, 0.6) is 5.75 Å². The van der Waals surface area contributed by atoms with Gasteiger partial charge in [0.15, 0.2) is 0 Å². The molecule has 0 atom stereocenters. The average Bonchev–Trinajstić information content (AvgIpc) is 2.36. The van der Waals surface area contributed by atoms with E-state index < -0.39 is 11.4 Å². The van der Waals surface area contributed by atoms with Gasteiger partial charge in [-0.05, 0) is 31.0 Å². The Morgan fingerprint density at radius 2 is 2.00 bits per heavy atom. The van der Waals surface area contributed by atoms with Gasteiger partial charge in [-0.3, -0.25) is 4.79 Å². The molecular weight excluding hydrogens is 252 g/mol. The van der Waals surface area contributed by atoms with E-state index in [9.17, 15) is 4.79 Å². The van der Waals surface area contributed by atoms with Crippen molar-refractivity contribution in [3.63, 3.8) is 0 Å². The number of hydrogen-bond donors (Lipinski definition) is 2. The summed E-state index contributed by atoms with van der Waals surface area (Å²) in [6.07, 6.45) is 1.59. The van der Waals surface area contributed by atoms with Crippen molar-refractivity contribution in [2.75, 3.05) is 6.61 Å². The van der Waals surface area contributed by atoms with Crippen LogP contribution in [-0.4, -0.2) is 18.1 Å². The van der Waals surface area contributed by atoms with Gasteiger partial charge in [0.05, 0.1) is 5.56 Å². The molecule has 0 aliphatic rings. The van der Waals surface area contributed by atoms with Gasteiger partial charge in [-0.15, -0.1) is 0 Å². The van der Waals surface area contributed by atoms with E-state index in [0.717, 1.165) is 12.8 Å². The van der Waals surface area contributed by atoms with Crippen LogP contribution in [0.15, 0.2) is 18.2 Å². The predicted molar refractivity (Wildman–Crippen MR) is 73.0 cm³/mol. The molecule has 5 heteroatoms. The van der Waals surface area contributed by atoms with Crippen molar-refractivity contribution in [2.24, 2.45) is 11.5 Å². The third kappa shape index (κ3) is 3.62. The molecule has 0 radical (unpaired) electrons. The lowest BCUT2D eigenvalue weighted by Crippen LogP contribution is -2.44. The lowest BCUT2D eigenvalue weighted by molar-refractivity contribution is 0.0994. The Labute approximate surface area is 112 Å². The number of hydrogen-bond acceptors (Lipinski definition) is 3. The monoisotopic (exact) mass is 270 g/mol. The van der Waals surface area contributed by atoms with Crippen molar-refractivity contribution in [1.29, 1.82) is 0 Å². The molecule has 0 saturated heterocycles. The first-order chi connectivity index (χ1) is 8.41. The third-order valence-corrected chi connectivity index (χ3v) is 3.37. The third-order valence-electron chi connectivity index (χ3n) is 3.13. The molecule has 1 aromatic rings. The fraction of sp³-hybridized carbons (Fsp3) is 0.462. The van der Waals surface area contributed by atoms with Crippen LogP contribution < -0.4 is 16.2 Å². The molecular formula is C13H19ClN2O2. The minimum Gasteiger partial charge on any atom is -0.491 e. The highest BCUT2D eigenvalue weighted by Crippen LogP contribution is 2.24. The highest BCUT2D eigenvalue weighted by Gasteiger charge is 2.22. The molecule has 0 aliphatic carbocycles. The number of carbonyl (C=O) groups is 1. The van der Waals surface area contributed by atoms with Gasteiger partial charge in [0.25, 0.3) is 5.91 Å². The zero-order chi connectivity index (χ0) is 13.8. The van der Waals surface area contributed by atoms with E-state index in [4.69, 9.17) is 27.8 Å². The van der Waals surface area contributed by atoms with Gasteiger partial charge in [-0.2, -0.15) is 0 Å². The number of amides is 1. The maximum Gasteiger partial charge on any atom is 0.252 e. The van der Waals surface area contributed by atoms with Crippen LogP contribution in [0, 0.1) is 0 Å². The number of ether oxygens (including phenoxy) is 1. The van der Waals surface area contributed by atoms with Crippen LogP contribution in [0.25, 0.3) is 0 Å². The molecule has 1 aromatic carbocycles. The summed E-state index contributed by atoms with van der Waals surface area (Å²) in [5, 5.41) is 0.446. The van der Waals surface area contributed by atoms with Crippen LogP contribution in [-0.2, 0) is 0 Å². The summed E-state index contributed by atoms with van der Waals surface area (Å²) in [4.78, 5) is 11.3. The van der Waals surface area contributed by atoms with E-state index in [-0.39, 0.29) is 5.56 Å². The number of benzene rings is 1. The number of halogens is 1. The highest BCUT2D eigenvalue weighted by atomic mass is 35.5. The van der Waals surface area contributed by atoms with Crippen LogP contribution in [0.2, 0.25) is 5.02 Å². The first-order valence-corrected chi connectivity index (χ1v) is 6.30. The summed E-state index contributed by atoms with van der Waals surface area (Å²) < 4.78 is 5.62. The number of carbonyl (C=O) groups excluding carboxylic acids is 1. The largest absolute Gasteiger partial charge is 0.491 e. The maximum absolute atomic E-state index is 11.3. The first kappa shape index (κ1) is 14.8. The van der Waals surface area contributed by atoms with Crippen molar-refractivity contribution in [3.8, 4) is 5.75 Å². The minimum absolute atomic E-state index is 0.275. The standard InChI is InChI=1S/C13H19ClN2O2/c1-3-13(16,4-2)8-18-11-6-5-9(14)7-10(11)12(15)17/h5-7H,3-4,8,16H2,1-2H3,(H2,15,17). The van der Waals surface area contributed by atoms with Gasteiger partial charge in [0.2, 0.25) is 0 Å². The van der Waals surface area contributed by atoms with E-state index in [0.29, 0.717) is 17.4 Å². The van der Waals surface area contributed by atoms with Crippen molar-refractivity contribution < 1.29 is 9.53 Å². The topological polar surface area (TPSA) is 78.3 Å². The molecule has 0 fully saturated rings. The lowest BCUT2D eigenvalue weighted by atomic mass is 9.95. The Kier molecular flexibility index (Phi) is 4.99. The summed E-state index contributed by atoms with van der Waals surface area (Å²) in [5.41, 5.74) is 11.3. The quantitative estimate of drug-likeness (QED) is 0.833. The second kappa shape index (κ2) is 6.07. The number of nitrogens with two attached hydrogens (primary N) is 2. The zero-order valence-electron chi connectivity index (χ0n) is 10.7. The summed E-state index contributed by atoms with van der Waals surface area (Å²) in [6.45, 7) is 4.34. The second-order valence-electron chi connectivity index (χ2n) is 4.36. The molecule has 0 aromatic heterocycles. The van der Waals surface area contributed by atoms with Gasteiger partial charge in [0, 0.05) is 10.6 Å². The van der Waals surface area contributed by atoms with E-state index in [1.165, 1.54) is 6.07 Å². The van der Waals surface area contributed by atoms with Crippen LogP contribution in [0.1, 0.15) is 37.0 Å². The van der Waals surface area contributed by atoms with Crippen molar-refractivity contribution in [1.82, 2.24) is 0 Å². The SMILES string of the molecule is CCC(N)(CC)COc1ccc(Cl)cc1C(N)=O.